The van der Waals surface area contributed by atoms with Crippen molar-refractivity contribution in [1.29, 1.82) is 0 Å². The average molecular weight is 565 g/mol. The molecule has 1 saturated carbocycles. The van der Waals surface area contributed by atoms with E-state index in [1.807, 2.05) is 11.1 Å². The molecule has 1 saturated heterocycles. The predicted molar refractivity (Wildman–Crippen MR) is 159 cm³/mol. The van der Waals surface area contributed by atoms with E-state index in [0.717, 1.165) is 37.5 Å². The minimum atomic E-state index is -0.457. The molecule has 0 radical (unpaired) electrons. The summed E-state index contributed by atoms with van der Waals surface area (Å²) in [5.74, 6) is 0.612. The Morgan fingerprint density at radius 3 is 2.69 bits per heavy atom. The fourth-order valence-corrected chi connectivity index (χ4v) is 6.91. The Hall–Kier alpha value is -4.67. The molecule has 7 rings (SSSR count). The number of rotatable bonds is 5. The summed E-state index contributed by atoms with van der Waals surface area (Å²) in [6.45, 7) is 2.65. The zero-order chi connectivity index (χ0) is 28.7. The Kier molecular flexibility index (Phi) is 6.64. The van der Waals surface area contributed by atoms with Gasteiger partial charge in [-0.15, -0.1) is 0 Å². The van der Waals surface area contributed by atoms with Crippen LogP contribution in [0, 0.1) is 16.0 Å². The monoisotopic (exact) mass is 564 g/mol. The molecule has 11 heteroatoms. The number of para-hydroxylation sites is 1. The maximum atomic E-state index is 14.1. The summed E-state index contributed by atoms with van der Waals surface area (Å²) in [4.78, 5) is 43.7. The lowest BCUT2D eigenvalue weighted by atomic mass is 9.66. The number of carbonyl (C=O) groups excluding carboxylic acids is 1. The van der Waals surface area contributed by atoms with E-state index in [2.05, 4.69) is 39.2 Å². The third-order valence-electron chi connectivity index (χ3n) is 9.04. The second-order valence-electron chi connectivity index (χ2n) is 11.3. The van der Waals surface area contributed by atoms with Crippen molar-refractivity contribution < 1.29 is 9.72 Å². The number of nitro groups is 1. The number of nitrogens with zero attached hydrogens (tertiary/aromatic N) is 8. The van der Waals surface area contributed by atoms with Gasteiger partial charge in [-0.05, 0) is 24.0 Å². The lowest BCUT2D eigenvalue weighted by Crippen LogP contribution is -2.54. The SMILES string of the molecule is O=C(C1CCCCC12N=CCc1ccccc12)N1CCN(c2ncc3cnn(Cc4ccccc4[N+](=O)[O-])c3n2)CC1. The summed E-state index contributed by atoms with van der Waals surface area (Å²) in [5, 5.41) is 16.7. The number of benzene rings is 2. The maximum absolute atomic E-state index is 14.1. The summed E-state index contributed by atoms with van der Waals surface area (Å²) in [7, 11) is 0. The molecule has 1 aliphatic carbocycles. The van der Waals surface area contributed by atoms with Gasteiger partial charge >= 0.3 is 0 Å². The molecule has 2 aromatic heterocycles. The van der Waals surface area contributed by atoms with Crippen LogP contribution in [0.3, 0.4) is 0 Å². The molecule has 0 bridgehead atoms. The van der Waals surface area contributed by atoms with Crippen molar-refractivity contribution in [3.05, 3.63) is 87.7 Å². The first-order valence-electron chi connectivity index (χ1n) is 14.6. The number of aromatic nitrogens is 4. The first kappa shape index (κ1) is 26.2. The largest absolute Gasteiger partial charge is 0.339 e. The van der Waals surface area contributed by atoms with Gasteiger partial charge in [-0.1, -0.05) is 55.3 Å². The number of aliphatic imine (C=N–C) groups is 1. The van der Waals surface area contributed by atoms with Gasteiger partial charge in [0, 0.05) is 51.1 Å². The molecule has 2 fully saturated rings. The fraction of sp³-hybridized carbons (Fsp3) is 0.387. The van der Waals surface area contributed by atoms with Crippen LogP contribution in [-0.4, -0.2) is 67.9 Å². The van der Waals surface area contributed by atoms with Crippen LogP contribution in [0.2, 0.25) is 0 Å². The highest BCUT2D eigenvalue weighted by Gasteiger charge is 2.49. The first-order valence-corrected chi connectivity index (χ1v) is 14.6. The highest BCUT2D eigenvalue weighted by Crippen LogP contribution is 2.48. The number of amides is 1. The van der Waals surface area contributed by atoms with Crippen LogP contribution < -0.4 is 4.90 Å². The Morgan fingerprint density at radius 1 is 1.02 bits per heavy atom. The molecule has 4 aromatic rings. The second-order valence-corrected chi connectivity index (χ2v) is 11.3. The molecule has 2 aliphatic heterocycles. The number of carbonyl (C=O) groups is 1. The Morgan fingerprint density at radius 2 is 1.83 bits per heavy atom. The molecule has 4 heterocycles. The fourth-order valence-electron chi connectivity index (χ4n) is 6.91. The van der Waals surface area contributed by atoms with Crippen molar-refractivity contribution in [2.45, 2.75) is 44.2 Å². The second kappa shape index (κ2) is 10.6. The predicted octanol–water partition coefficient (Wildman–Crippen LogP) is 4.14. The van der Waals surface area contributed by atoms with Crippen LogP contribution in [-0.2, 0) is 23.3 Å². The third kappa shape index (κ3) is 4.49. The molecule has 0 N–H and O–H groups in total. The minimum absolute atomic E-state index is 0.0540. The first-order chi connectivity index (χ1) is 20.5. The van der Waals surface area contributed by atoms with Crippen LogP contribution in [0.1, 0.15) is 42.4 Å². The van der Waals surface area contributed by atoms with Crippen molar-refractivity contribution in [3.8, 4) is 0 Å². The number of hydrogen-bond acceptors (Lipinski definition) is 8. The molecule has 1 spiro atoms. The quantitative estimate of drug-likeness (QED) is 0.264. The summed E-state index contributed by atoms with van der Waals surface area (Å²) in [5.41, 5.74) is 3.29. The van der Waals surface area contributed by atoms with E-state index in [1.54, 1.807) is 35.3 Å². The molecular formula is C31H32N8O3. The number of anilines is 1. The van der Waals surface area contributed by atoms with Crippen LogP contribution in [0.4, 0.5) is 11.6 Å². The van der Waals surface area contributed by atoms with Gasteiger partial charge < -0.3 is 9.80 Å². The van der Waals surface area contributed by atoms with Gasteiger partial charge in [0.1, 0.15) is 0 Å². The van der Waals surface area contributed by atoms with Crippen molar-refractivity contribution in [2.24, 2.45) is 10.9 Å². The number of nitro benzene ring substituents is 1. The Labute approximate surface area is 243 Å². The van der Waals surface area contributed by atoms with E-state index < -0.39 is 5.54 Å². The number of fused-ring (bicyclic) bond motifs is 3. The van der Waals surface area contributed by atoms with E-state index in [4.69, 9.17) is 9.98 Å². The standard InChI is InChI=1S/C31H32N8O3/c40-29(26-10-5-6-13-31(26)25-9-3-1-7-22(25)12-14-33-31)36-15-17-37(18-16-36)30-32-19-24-20-34-38(28(24)35-30)21-23-8-2-4-11-27(23)39(41)42/h1-4,7-9,11,14,19-20,26H,5-6,10,12-13,15-18,21H2. The van der Waals surface area contributed by atoms with Crippen molar-refractivity contribution in [1.82, 2.24) is 24.6 Å². The Bertz CT molecular complexity index is 1690. The van der Waals surface area contributed by atoms with E-state index in [0.29, 0.717) is 43.3 Å². The van der Waals surface area contributed by atoms with Crippen LogP contribution in [0.15, 0.2) is 65.9 Å². The molecule has 2 aromatic carbocycles. The summed E-state index contributed by atoms with van der Waals surface area (Å²) < 4.78 is 1.67. The van der Waals surface area contributed by atoms with Crippen LogP contribution in [0.25, 0.3) is 11.0 Å². The normalized spacial score (nSPS) is 22.0. The zero-order valence-corrected chi connectivity index (χ0v) is 23.3. The summed E-state index contributed by atoms with van der Waals surface area (Å²) in [6, 6.07) is 15.1. The smallest absolute Gasteiger partial charge is 0.274 e. The maximum Gasteiger partial charge on any atom is 0.274 e. The minimum Gasteiger partial charge on any atom is -0.339 e. The van der Waals surface area contributed by atoms with Gasteiger partial charge in [-0.25, -0.2) is 9.67 Å². The van der Waals surface area contributed by atoms with Crippen molar-refractivity contribution >= 4 is 34.8 Å². The molecule has 3 aliphatic rings. The molecule has 2 unspecified atom stereocenters. The number of hydrogen-bond donors (Lipinski definition) is 0. The summed E-state index contributed by atoms with van der Waals surface area (Å²) in [6.07, 6.45) is 10.1. The van der Waals surface area contributed by atoms with Gasteiger partial charge in [0.15, 0.2) is 5.65 Å². The van der Waals surface area contributed by atoms with Crippen LogP contribution in [0.5, 0.6) is 0 Å². The lowest BCUT2D eigenvalue weighted by molar-refractivity contribution is -0.385. The van der Waals surface area contributed by atoms with Gasteiger partial charge in [0.25, 0.3) is 5.69 Å². The van der Waals surface area contributed by atoms with E-state index in [9.17, 15) is 14.9 Å². The highest BCUT2D eigenvalue weighted by molar-refractivity contribution is 5.82. The zero-order valence-electron chi connectivity index (χ0n) is 23.3. The Balaban J connectivity index is 1.08. The molecule has 214 valence electrons. The van der Waals surface area contributed by atoms with E-state index in [-0.39, 0.29) is 29.0 Å². The van der Waals surface area contributed by atoms with Gasteiger partial charge in [-0.2, -0.15) is 10.1 Å². The van der Waals surface area contributed by atoms with Crippen molar-refractivity contribution in [2.75, 3.05) is 31.1 Å². The molecule has 1 amide bonds. The molecule has 42 heavy (non-hydrogen) atoms. The lowest BCUT2D eigenvalue weighted by Gasteiger charge is -2.46. The van der Waals surface area contributed by atoms with Crippen molar-refractivity contribution in [3.63, 3.8) is 0 Å². The van der Waals surface area contributed by atoms with Gasteiger partial charge in [-0.3, -0.25) is 19.9 Å². The molecule has 11 nitrogen and oxygen atoms in total. The summed E-state index contributed by atoms with van der Waals surface area (Å²) >= 11 is 0. The van der Waals surface area contributed by atoms with E-state index in [1.165, 1.54) is 17.2 Å². The molecule has 2 atom stereocenters. The van der Waals surface area contributed by atoms with Gasteiger partial charge in [0.2, 0.25) is 11.9 Å². The third-order valence-corrected chi connectivity index (χ3v) is 9.04. The highest BCUT2D eigenvalue weighted by atomic mass is 16.6. The topological polar surface area (TPSA) is 123 Å². The van der Waals surface area contributed by atoms with E-state index >= 15 is 0 Å². The number of piperazine rings is 1. The van der Waals surface area contributed by atoms with Gasteiger partial charge in [0.05, 0.1) is 40.1 Å². The molecular weight excluding hydrogens is 532 g/mol. The average Bonchev–Trinajstić information content (AvgIpc) is 3.43. The van der Waals surface area contributed by atoms with Crippen LogP contribution >= 0.6 is 0 Å².